The summed E-state index contributed by atoms with van der Waals surface area (Å²) in [6.45, 7) is 6.03. The third-order valence-electron chi connectivity index (χ3n) is 5.24. The second kappa shape index (κ2) is 12.2. The van der Waals surface area contributed by atoms with Crippen molar-refractivity contribution in [1.29, 1.82) is 0 Å². The lowest BCUT2D eigenvalue weighted by molar-refractivity contribution is -0.121. The van der Waals surface area contributed by atoms with Gasteiger partial charge in [0.05, 0.1) is 11.7 Å². The largest absolute Gasteiger partial charge is 0.396 e. The standard InChI is InChI=1S/C22H36O4/c1-3-5-14-22(26,4-2)15-11-13-19-18(20(24)17-21(19)25)12-9-7-6-8-10-16-23/h4,7,9,11,13,18-19,21,23,25-26H,2-3,5-6,8,10,12,14-17H2,1H3/b9-7-,13-11+/t18-,19-,21-,22?/m1/s1. The van der Waals surface area contributed by atoms with Gasteiger partial charge in [0.2, 0.25) is 0 Å². The molecule has 1 saturated carbocycles. The van der Waals surface area contributed by atoms with Crippen LogP contribution in [0.3, 0.4) is 0 Å². The summed E-state index contributed by atoms with van der Waals surface area (Å²) in [5, 5.41) is 29.5. The zero-order valence-electron chi connectivity index (χ0n) is 16.1. The van der Waals surface area contributed by atoms with Gasteiger partial charge in [0.25, 0.3) is 0 Å². The van der Waals surface area contributed by atoms with E-state index in [1.165, 1.54) is 0 Å². The van der Waals surface area contributed by atoms with Crippen molar-refractivity contribution in [3.05, 3.63) is 37.0 Å². The maximum Gasteiger partial charge on any atom is 0.139 e. The van der Waals surface area contributed by atoms with Crippen molar-refractivity contribution in [1.82, 2.24) is 0 Å². The van der Waals surface area contributed by atoms with Crippen LogP contribution in [0.5, 0.6) is 0 Å². The van der Waals surface area contributed by atoms with Gasteiger partial charge in [-0.05, 0) is 38.5 Å². The summed E-state index contributed by atoms with van der Waals surface area (Å²) in [6, 6.07) is 0. The average molecular weight is 365 g/mol. The van der Waals surface area contributed by atoms with Crippen LogP contribution >= 0.6 is 0 Å². The first-order valence-electron chi connectivity index (χ1n) is 9.96. The van der Waals surface area contributed by atoms with Crippen molar-refractivity contribution < 1.29 is 20.1 Å². The molecule has 4 nitrogen and oxygen atoms in total. The van der Waals surface area contributed by atoms with Gasteiger partial charge in [0.15, 0.2) is 0 Å². The number of rotatable bonds is 13. The van der Waals surface area contributed by atoms with Gasteiger partial charge in [-0.15, -0.1) is 6.58 Å². The zero-order valence-corrected chi connectivity index (χ0v) is 16.1. The highest BCUT2D eigenvalue weighted by atomic mass is 16.3. The fraction of sp³-hybridized carbons (Fsp3) is 0.682. The van der Waals surface area contributed by atoms with Crippen LogP contribution < -0.4 is 0 Å². The van der Waals surface area contributed by atoms with Gasteiger partial charge in [0, 0.05) is 24.9 Å². The van der Waals surface area contributed by atoms with Crippen LogP contribution in [-0.4, -0.2) is 39.4 Å². The molecule has 4 heteroatoms. The van der Waals surface area contributed by atoms with Gasteiger partial charge >= 0.3 is 0 Å². The van der Waals surface area contributed by atoms with Crippen molar-refractivity contribution in [3.8, 4) is 0 Å². The number of hydrogen-bond donors (Lipinski definition) is 3. The number of ketones is 1. The first-order chi connectivity index (χ1) is 12.5. The molecule has 1 fully saturated rings. The van der Waals surface area contributed by atoms with E-state index < -0.39 is 11.7 Å². The molecule has 0 radical (unpaired) electrons. The fourth-order valence-corrected chi connectivity index (χ4v) is 3.46. The molecule has 4 atom stereocenters. The van der Waals surface area contributed by atoms with Crippen LogP contribution in [0.2, 0.25) is 0 Å². The number of aliphatic hydroxyl groups excluding tert-OH is 2. The molecule has 1 unspecified atom stereocenters. The molecule has 1 aliphatic rings. The van der Waals surface area contributed by atoms with E-state index in [1.807, 2.05) is 18.2 Å². The van der Waals surface area contributed by atoms with E-state index in [1.54, 1.807) is 6.08 Å². The number of aliphatic hydroxyl groups is 3. The minimum atomic E-state index is -0.915. The Labute approximate surface area is 158 Å². The third-order valence-corrected chi connectivity index (χ3v) is 5.24. The Bertz CT molecular complexity index is 483. The minimum absolute atomic E-state index is 0.108. The van der Waals surface area contributed by atoms with Gasteiger partial charge in [-0.25, -0.2) is 0 Å². The average Bonchev–Trinajstić information content (AvgIpc) is 2.89. The smallest absolute Gasteiger partial charge is 0.139 e. The summed E-state index contributed by atoms with van der Waals surface area (Å²) < 4.78 is 0. The highest BCUT2D eigenvalue weighted by Crippen LogP contribution is 2.34. The maximum atomic E-state index is 12.2. The van der Waals surface area contributed by atoms with Crippen LogP contribution in [0.25, 0.3) is 0 Å². The van der Waals surface area contributed by atoms with E-state index >= 15 is 0 Å². The Morgan fingerprint density at radius 1 is 1.23 bits per heavy atom. The topological polar surface area (TPSA) is 77.8 Å². The Balaban J connectivity index is 2.60. The number of allylic oxidation sites excluding steroid dienone is 2. The molecular weight excluding hydrogens is 328 g/mol. The molecule has 0 bridgehead atoms. The normalized spacial score (nSPS) is 26.0. The number of carbonyl (C=O) groups is 1. The van der Waals surface area contributed by atoms with Crippen LogP contribution in [0.1, 0.15) is 64.7 Å². The molecule has 1 rings (SSSR count). The first kappa shape index (κ1) is 22.8. The van der Waals surface area contributed by atoms with Crippen molar-refractivity contribution >= 4 is 5.78 Å². The maximum absolute atomic E-state index is 12.2. The fourth-order valence-electron chi connectivity index (χ4n) is 3.46. The predicted octanol–water partition coefficient (Wildman–Crippen LogP) is 3.72. The number of Topliss-reactive ketones (excluding diaryl/α,β-unsaturated/α-hetero) is 1. The molecule has 0 saturated heterocycles. The number of hydrogen-bond acceptors (Lipinski definition) is 4. The Kier molecular flexibility index (Phi) is 10.7. The van der Waals surface area contributed by atoms with Gasteiger partial charge < -0.3 is 15.3 Å². The van der Waals surface area contributed by atoms with E-state index in [0.717, 1.165) is 32.1 Å². The molecule has 0 aromatic carbocycles. The first-order valence-corrected chi connectivity index (χ1v) is 9.96. The SMILES string of the molecule is C=CC(O)(C/C=C/[C@H]1[C@H](O)CC(=O)[C@@H]1C/C=C\CCCCO)CCCC. The van der Waals surface area contributed by atoms with E-state index in [0.29, 0.717) is 19.3 Å². The summed E-state index contributed by atoms with van der Waals surface area (Å²) in [7, 11) is 0. The summed E-state index contributed by atoms with van der Waals surface area (Å²) in [5.41, 5.74) is -0.915. The summed E-state index contributed by atoms with van der Waals surface area (Å²) in [4.78, 5) is 12.2. The van der Waals surface area contributed by atoms with Crippen LogP contribution in [0, 0.1) is 11.8 Å². The molecule has 1 aliphatic carbocycles. The summed E-state index contributed by atoms with van der Waals surface area (Å²) >= 11 is 0. The minimum Gasteiger partial charge on any atom is -0.396 e. The summed E-state index contributed by atoms with van der Waals surface area (Å²) in [5.74, 6) is -0.273. The van der Waals surface area contributed by atoms with Crippen molar-refractivity contribution in [2.75, 3.05) is 6.61 Å². The van der Waals surface area contributed by atoms with Gasteiger partial charge in [-0.1, -0.05) is 50.1 Å². The van der Waals surface area contributed by atoms with E-state index in [4.69, 9.17) is 5.11 Å². The predicted molar refractivity (Wildman–Crippen MR) is 106 cm³/mol. The summed E-state index contributed by atoms with van der Waals surface area (Å²) in [6.07, 6.45) is 15.4. The monoisotopic (exact) mass is 364 g/mol. The molecule has 0 aliphatic heterocycles. The van der Waals surface area contributed by atoms with Crippen molar-refractivity contribution in [2.24, 2.45) is 11.8 Å². The van der Waals surface area contributed by atoms with Gasteiger partial charge in [-0.3, -0.25) is 4.79 Å². The van der Waals surface area contributed by atoms with Gasteiger partial charge in [0.1, 0.15) is 5.78 Å². The Hall–Kier alpha value is -1.23. The molecule has 3 N–H and O–H groups in total. The molecular formula is C22H36O4. The Morgan fingerprint density at radius 2 is 2.00 bits per heavy atom. The molecule has 0 heterocycles. The number of carbonyl (C=O) groups excluding carboxylic acids is 1. The lowest BCUT2D eigenvalue weighted by Gasteiger charge is -2.23. The third kappa shape index (κ3) is 7.56. The molecule has 26 heavy (non-hydrogen) atoms. The molecule has 0 spiro atoms. The number of unbranched alkanes of at least 4 members (excludes halogenated alkanes) is 3. The van der Waals surface area contributed by atoms with Crippen LogP contribution in [0.15, 0.2) is 37.0 Å². The van der Waals surface area contributed by atoms with Crippen molar-refractivity contribution in [3.63, 3.8) is 0 Å². The van der Waals surface area contributed by atoms with Crippen LogP contribution in [0.4, 0.5) is 0 Å². The van der Waals surface area contributed by atoms with Crippen LogP contribution in [-0.2, 0) is 4.79 Å². The molecule has 0 aromatic heterocycles. The highest BCUT2D eigenvalue weighted by molar-refractivity contribution is 5.84. The molecule has 0 amide bonds. The molecule has 0 aromatic rings. The zero-order chi connectivity index (χ0) is 19.4. The lowest BCUT2D eigenvalue weighted by Crippen LogP contribution is -2.25. The van der Waals surface area contributed by atoms with E-state index in [9.17, 15) is 15.0 Å². The molecule has 148 valence electrons. The van der Waals surface area contributed by atoms with Crippen molar-refractivity contribution in [2.45, 2.75) is 76.4 Å². The second-order valence-electron chi connectivity index (χ2n) is 7.39. The van der Waals surface area contributed by atoms with E-state index in [-0.39, 0.29) is 30.6 Å². The van der Waals surface area contributed by atoms with Gasteiger partial charge in [-0.2, -0.15) is 0 Å². The Morgan fingerprint density at radius 3 is 2.65 bits per heavy atom. The highest BCUT2D eigenvalue weighted by Gasteiger charge is 2.39. The second-order valence-corrected chi connectivity index (χ2v) is 7.39. The quantitative estimate of drug-likeness (QED) is 0.344. The van der Waals surface area contributed by atoms with E-state index in [2.05, 4.69) is 19.6 Å². The lowest BCUT2D eigenvalue weighted by atomic mass is 9.88.